The van der Waals surface area contributed by atoms with E-state index in [0.29, 0.717) is 6.61 Å². The van der Waals surface area contributed by atoms with Crippen molar-refractivity contribution in [2.45, 2.75) is 19.6 Å². The first-order valence-electron chi connectivity index (χ1n) is 8.04. The molecular formula is C18H19N3O2S. The zero-order chi connectivity index (χ0) is 16.4. The lowest BCUT2D eigenvalue weighted by Crippen LogP contribution is -2.37. The second-order valence-corrected chi connectivity index (χ2v) is 6.94. The molecule has 24 heavy (non-hydrogen) atoms. The fourth-order valence-corrected chi connectivity index (χ4v) is 3.53. The zero-order valence-corrected chi connectivity index (χ0v) is 14.3. The summed E-state index contributed by atoms with van der Waals surface area (Å²) in [6, 6.07) is 10.3. The zero-order valence-electron chi connectivity index (χ0n) is 13.5. The molecule has 0 spiro atoms. The van der Waals surface area contributed by atoms with Crippen molar-refractivity contribution in [3.8, 4) is 11.3 Å². The third-order valence-electron chi connectivity index (χ3n) is 4.16. The molecule has 1 saturated heterocycles. The third kappa shape index (κ3) is 3.40. The van der Waals surface area contributed by atoms with Gasteiger partial charge in [-0.1, -0.05) is 35.0 Å². The predicted molar refractivity (Wildman–Crippen MR) is 92.8 cm³/mol. The van der Waals surface area contributed by atoms with E-state index in [-0.39, 0.29) is 6.10 Å². The highest BCUT2D eigenvalue weighted by Crippen LogP contribution is 2.26. The molecule has 1 aliphatic heterocycles. The number of rotatable bonds is 4. The van der Waals surface area contributed by atoms with Gasteiger partial charge in [-0.15, -0.1) is 11.3 Å². The minimum atomic E-state index is 0.0539. The Morgan fingerprint density at radius 3 is 2.96 bits per heavy atom. The highest BCUT2D eigenvalue weighted by Gasteiger charge is 2.24. The SMILES string of the molecule is Cc1ccc(-c2cc(CN3CCOC(c4nccs4)C3)on2)cc1. The van der Waals surface area contributed by atoms with Gasteiger partial charge in [-0.25, -0.2) is 4.98 Å². The van der Waals surface area contributed by atoms with Crippen molar-refractivity contribution in [1.29, 1.82) is 0 Å². The average Bonchev–Trinajstić information content (AvgIpc) is 3.28. The summed E-state index contributed by atoms with van der Waals surface area (Å²) < 4.78 is 11.4. The second kappa shape index (κ2) is 6.84. The molecule has 2 aromatic heterocycles. The van der Waals surface area contributed by atoms with Crippen molar-refractivity contribution in [3.63, 3.8) is 0 Å². The molecule has 4 rings (SSSR count). The first-order valence-corrected chi connectivity index (χ1v) is 8.92. The minimum absolute atomic E-state index is 0.0539. The van der Waals surface area contributed by atoms with E-state index < -0.39 is 0 Å². The Bertz CT molecular complexity index is 783. The molecule has 0 saturated carbocycles. The minimum Gasteiger partial charge on any atom is -0.368 e. The highest BCUT2D eigenvalue weighted by molar-refractivity contribution is 7.09. The van der Waals surface area contributed by atoms with Gasteiger partial charge in [0.25, 0.3) is 0 Å². The summed E-state index contributed by atoms with van der Waals surface area (Å²) >= 11 is 1.64. The van der Waals surface area contributed by atoms with Gasteiger partial charge in [-0.3, -0.25) is 4.90 Å². The molecule has 1 aromatic carbocycles. The maximum absolute atomic E-state index is 5.84. The monoisotopic (exact) mass is 341 g/mol. The van der Waals surface area contributed by atoms with E-state index in [0.717, 1.165) is 41.7 Å². The van der Waals surface area contributed by atoms with Gasteiger partial charge in [0, 0.05) is 36.3 Å². The first-order chi connectivity index (χ1) is 11.8. The number of ether oxygens (including phenoxy) is 1. The van der Waals surface area contributed by atoms with Crippen LogP contribution in [0.3, 0.4) is 0 Å². The fraction of sp³-hybridized carbons (Fsp3) is 0.333. The number of hydrogen-bond acceptors (Lipinski definition) is 6. The van der Waals surface area contributed by atoms with Gasteiger partial charge in [0.2, 0.25) is 0 Å². The van der Waals surface area contributed by atoms with Gasteiger partial charge >= 0.3 is 0 Å². The normalized spacial score (nSPS) is 18.8. The first kappa shape index (κ1) is 15.5. The van der Waals surface area contributed by atoms with Gasteiger partial charge in [-0.05, 0) is 6.92 Å². The van der Waals surface area contributed by atoms with E-state index in [4.69, 9.17) is 9.26 Å². The summed E-state index contributed by atoms with van der Waals surface area (Å²) in [7, 11) is 0. The summed E-state index contributed by atoms with van der Waals surface area (Å²) in [5.74, 6) is 0.880. The highest BCUT2D eigenvalue weighted by atomic mass is 32.1. The predicted octanol–water partition coefficient (Wildman–Crippen LogP) is 3.68. The van der Waals surface area contributed by atoms with Gasteiger partial charge < -0.3 is 9.26 Å². The molecule has 0 amide bonds. The van der Waals surface area contributed by atoms with E-state index in [1.54, 1.807) is 11.3 Å². The lowest BCUT2D eigenvalue weighted by atomic mass is 10.1. The lowest BCUT2D eigenvalue weighted by Gasteiger charge is -2.31. The van der Waals surface area contributed by atoms with Crippen molar-refractivity contribution in [2.75, 3.05) is 19.7 Å². The fourth-order valence-electron chi connectivity index (χ4n) is 2.86. The summed E-state index contributed by atoms with van der Waals surface area (Å²) in [5, 5.41) is 7.23. The summed E-state index contributed by atoms with van der Waals surface area (Å²) in [5.41, 5.74) is 3.21. The molecule has 5 nitrogen and oxygen atoms in total. The largest absolute Gasteiger partial charge is 0.368 e. The number of nitrogens with zero attached hydrogens (tertiary/aromatic N) is 3. The van der Waals surface area contributed by atoms with Gasteiger partial charge in [-0.2, -0.15) is 0 Å². The molecule has 1 fully saturated rings. The van der Waals surface area contributed by atoms with Crippen LogP contribution in [-0.4, -0.2) is 34.7 Å². The van der Waals surface area contributed by atoms with Crippen LogP contribution in [0.1, 0.15) is 22.4 Å². The molecule has 0 N–H and O–H groups in total. The van der Waals surface area contributed by atoms with Crippen molar-refractivity contribution < 1.29 is 9.26 Å². The van der Waals surface area contributed by atoms with Crippen LogP contribution in [-0.2, 0) is 11.3 Å². The van der Waals surface area contributed by atoms with Crippen molar-refractivity contribution >= 4 is 11.3 Å². The van der Waals surface area contributed by atoms with E-state index in [1.165, 1.54) is 5.56 Å². The molecule has 6 heteroatoms. The summed E-state index contributed by atoms with van der Waals surface area (Å²) in [6.07, 6.45) is 1.88. The van der Waals surface area contributed by atoms with E-state index in [1.807, 2.05) is 17.6 Å². The molecule has 3 aromatic rings. The number of benzene rings is 1. The van der Waals surface area contributed by atoms with E-state index >= 15 is 0 Å². The molecule has 3 heterocycles. The number of thiazole rings is 1. The number of hydrogen-bond donors (Lipinski definition) is 0. The van der Waals surface area contributed by atoms with Gasteiger partial charge in [0.05, 0.1) is 13.2 Å². The quantitative estimate of drug-likeness (QED) is 0.724. The molecule has 1 atom stereocenters. The molecule has 1 aliphatic rings. The Morgan fingerprint density at radius 2 is 2.17 bits per heavy atom. The van der Waals surface area contributed by atoms with Crippen LogP contribution in [0.15, 0.2) is 46.4 Å². The van der Waals surface area contributed by atoms with Gasteiger partial charge in [0.1, 0.15) is 16.8 Å². The molecular weight excluding hydrogens is 322 g/mol. The number of aryl methyl sites for hydroxylation is 1. The van der Waals surface area contributed by atoms with Crippen LogP contribution < -0.4 is 0 Å². The van der Waals surface area contributed by atoms with Crippen molar-refractivity contribution in [1.82, 2.24) is 15.0 Å². The van der Waals surface area contributed by atoms with Crippen LogP contribution in [0.5, 0.6) is 0 Å². The standard InChI is InChI=1S/C18H19N3O2S/c1-13-2-4-14(5-3-13)16-10-15(23-20-16)11-21-7-8-22-17(12-21)18-19-6-9-24-18/h2-6,9-10,17H,7-8,11-12H2,1H3. The van der Waals surface area contributed by atoms with Crippen LogP contribution >= 0.6 is 11.3 Å². The van der Waals surface area contributed by atoms with Crippen LogP contribution in [0.4, 0.5) is 0 Å². The lowest BCUT2D eigenvalue weighted by molar-refractivity contribution is -0.0351. The number of morpholine rings is 1. The summed E-state index contributed by atoms with van der Waals surface area (Å²) in [4.78, 5) is 6.69. The van der Waals surface area contributed by atoms with Crippen LogP contribution in [0.2, 0.25) is 0 Å². The Balaban J connectivity index is 1.43. The Hall–Kier alpha value is -2.02. The van der Waals surface area contributed by atoms with Gasteiger partial charge in [0.15, 0.2) is 5.76 Å². The topological polar surface area (TPSA) is 51.4 Å². The van der Waals surface area contributed by atoms with E-state index in [2.05, 4.69) is 46.2 Å². The smallest absolute Gasteiger partial charge is 0.151 e. The summed E-state index contributed by atoms with van der Waals surface area (Å²) in [6.45, 7) is 5.25. The molecule has 0 bridgehead atoms. The maximum Gasteiger partial charge on any atom is 0.151 e. The average molecular weight is 341 g/mol. The maximum atomic E-state index is 5.84. The second-order valence-electron chi connectivity index (χ2n) is 6.01. The van der Waals surface area contributed by atoms with Crippen molar-refractivity contribution in [3.05, 3.63) is 58.2 Å². The molecule has 0 aliphatic carbocycles. The molecule has 0 radical (unpaired) electrons. The van der Waals surface area contributed by atoms with Crippen LogP contribution in [0, 0.1) is 6.92 Å². The Kier molecular flexibility index (Phi) is 4.42. The number of aromatic nitrogens is 2. The molecule has 1 unspecified atom stereocenters. The molecule has 124 valence electrons. The van der Waals surface area contributed by atoms with Crippen LogP contribution in [0.25, 0.3) is 11.3 Å². The van der Waals surface area contributed by atoms with E-state index in [9.17, 15) is 0 Å². The third-order valence-corrected chi connectivity index (χ3v) is 5.03. The van der Waals surface area contributed by atoms with Crippen molar-refractivity contribution in [2.24, 2.45) is 0 Å². The Labute approximate surface area is 144 Å². The Morgan fingerprint density at radius 1 is 1.29 bits per heavy atom.